The van der Waals surface area contributed by atoms with Gasteiger partial charge in [0.2, 0.25) is 15.9 Å². The lowest BCUT2D eigenvalue weighted by molar-refractivity contribution is -0.140. The third-order valence-electron chi connectivity index (χ3n) is 5.14. The summed E-state index contributed by atoms with van der Waals surface area (Å²) in [6.07, 6.45) is 1.59. The molecule has 0 aromatic carbocycles. The quantitative estimate of drug-likeness (QED) is 0.227. The van der Waals surface area contributed by atoms with E-state index in [0.717, 1.165) is 31.9 Å². The number of nitrogens with one attached hydrogen (secondary N) is 2. The van der Waals surface area contributed by atoms with E-state index >= 15 is 0 Å². The van der Waals surface area contributed by atoms with Crippen molar-refractivity contribution in [2.24, 2.45) is 10.9 Å². The Balaban J connectivity index is 0.00000320. The standard InChI is InChI=1S/C18H29N5O4S2.HI/c1-19-18(20-6-7-21-29(25,26)16-3-2-14-28-16)23-8-4-15(5-9-23)17(24)22-10-12-27-13-11-22;/h2-3,14-15,21H,4-13H2,1H3,(H,19,20);1H. The fourth-order valence-corrected chi connectivity index (χ4v) is 5.63. The van der Waals surface area contributed by atoms with Crippen LogP contribution in [0, 0.1) is 5.92 Å². The number of amides is 1. The van der Waals surface area contributed by atoms with Crippen molar-refractivity contribution >= 4 is 57.2 Å². The molecule has 2 N–H and O–H groups in total. The Morgan fingerprint density at radius 3 is 2.50 bits per heavy atom. The molecule has 0 radical (unpaired) electrons. The molecule has 0 unspecified atom stereocenters. The SMILES string of the molecule is CN=C(NCCNS(=O)(=O)c1cccs1)N1CCC(C(=O)N2CCOCC2)CC1.I. The highest BCUT2D eigenvalue weighted by atomic mass is 127. The molecular weight excluding hydrogens is 541 g/mol. The third kappa shape index (κ3) is 6.77. The third-order valence-corrected chi connectivity index (χ3v) is 8.00. The summed E-state index contributed by atoms with van der Waals surface area (Å²) in [5, 5.41) is 4.94. The fourth-order valence-electron chi connectivity index (χ4n) is 3.56. The van der Waals surface area contributed by atoms with Crippen molar-refractivity contribution in [3.05, 3.63) is 17.5 Å². The number of piperidine rings is 1. The predicted octanol–water partition coefficient (Wildman–Crippen LogP) is 0.791. The van der Waals surface area contributed by atoms with Crippen molar-refractivity contribution in [1.29, 1.82) is 0 Å². The molecule has 1 amide bonds. The Kier molecular flexibility index (Phi) is 10.3. The maximum Gasteiger partial charge on any atom is 0.250 e. The summed E-state index contributed by atoms with van der Waals surface area (Å²) in [4.78, 5) is 21.0. The Morgan fingerprint density at radius 2 is 1.90 bits per heavy atom. The highest BCUT2D eigenvalue weighted by Crippen LogP contribution is 2.20. The average Bonchev–Trinajstić information content (AvgIpc) is 3.30. The Bertz CT molecular complexity index is 790. The minimum atomic E-state index is -3.45. The molecule has 9 nitrogen and oxygen atoms in total. The zero-order valence-electron chi connectivity index (χ0n) is 17.1. The summed E-state index contributed by atoms with van der Waals surface area (Å²) in [6.45, 7) is 4.82. The molecule has 0 bridgehead atoms. The first-order valence-electron chi connectivity index (χ1n) is 9.86. The number of likely N-dealkylation sites (tertiary alicyclic amines) is 1. The zero-order chi connectivity index (χ0) is 20.7. The molecule has 0 saturated carbocycles. The second-order valence-corrected chi connectivity index (χ2v) is 9.94. The Labute approximate surface area is 199 Å². The number of rotatable bonds is 6. The molecule has 2 aliphatic rings. The molecule has 30 heavy (non-hydrogen) atoms. The number of hydrogen-bond donors (Lipinski definition) is 2. The van der Waals surface area contributed by atoms with Gasteiger partial charge in [0.05, 0.1) is 13.2 Å². The summed E-state index contributed by atoms with van der Waals surface area (Å²) < 4.78 is 32.5. The summed E-state index contributed by atoms with van der Waals surface area (Å²) in [5.74, 6) is 1.02. The highest BCUT2D eigenvalue weighted by molar-refractivity contribution is 14.0. The number of thiophene rings is 1. The summed E-state index contributed by atoms with van der Waals surface area (Å²) >= 11 is 1.19. The summed E-state index contributed by atoms with van der Waals surface area (Å²) in [6, 6.07) is 3.30. The van der Waals surface area contributed by atoms with E-state index in [9.17, 15) is 13.2 Å². The topological polar surface area (TPSA) is 103 Å². The maximum atomic E-state index is 12.6. The van der Waals surface area contributed by atoms with Crippen LogP contribution in [-0.4, -0.2) is 89.6 Å². The molecule has 12 heteroatoms. The number of aliphatic imine (C=N–C) groups is 1. The van der Waals surface area contributed by atoms with Crippen LogP contribution in [-0.2, 0) is 19.6 Å². The number of carbonyl (C=O) groups is 1. The molecule has 1 aromatic rings. The van der Waals surface area contributed by atoms with Crippen LogP contribution in [0.3, 0.4) is 0 Å². The lowest BCUT2D eigenvalue weighted by atomic mass is 9.95. The van der Waals surface area contributed by atoms with Crippen LogP contribution in [0.5, 0.6) is 0 Å². The van der Waals surface area contributed by atoms with Crippen molar-refractivity contribution in [1.82, 2.24) is 19.8 Å². The molecule has 3 heterocycles. The van der Waals surface area contributed by atoms with E-state index in [1.165, 1.54) is 11.3 Å². The van der Waals surface area contributed by atoms with Gasteiger partial charge in [-0.25, -0.2) is 13.1 Å². The first-order valence-corrected chi connectivity index (χ1v) is 12.2. The van der Waals surface area contributed by atoms with Gasteiger partial charge in [0.1, 0.15) is 4.21 Å². The predicted molar refractivity (Wildman–Crippen MR) is 128 cm³/mol. The number of nitrogens with zero attached hydrogens (tertiary/aromatic N) is 3. The number of carbonyl (C=O) groups excluding carboxylic acids is 1. The summed E-state index contributed by atoms with van der Waals surface area (Å²) in [7, 11) is -1.74. The van der Waals surface area contributed by atoms with Gasteiger partial charge in [0.25, 0.3) is 0 Å². The number of morpholine rings is 1. The van der Waals surface area contributed by atoms with Crippen LogP contribution >= 0.6 is 35.3 Å². The second kappa shape index (κ2) is 12.2. The molecule has 1 aromatic heterocycles. The van der Waals surface area contributed by atoms with Crippen LogP contribution in [0.1, 0.15) is 12.8 Å². The second-order valence-electron chi connectivity index (χ2n) is 7.00. The molecular formula is C18H30IN5O4S2. The number of ether oxygens (including phenoxy) is 1. The summed E-state index contributed by atoms with van der Waals surface area (Å²) in [5.41, 5.74) is 0. The lowest BCUT2D eigenvalue weighted by Crippen LogP contribution is -2.50. The fraction of sp³-hybridized carbons (Fsp3) is 0.667. The van der Waals surface area contributed by atoms with Crippen LogP contribution in [0.4, 0.5) is 0 Å². The van der Waals surface area contributed by atoms with Crippen LogP contribution in [0.15, 0.2) is 26.7 Å². The van der Waals surface area contributed by atoms with Gasteiger partial charge in [-0.1, -0.05) is 6.07 Å². The van der Waals surface area contributed by atoms with Crippen LogP contribution in [0.25, 0.3) is 0 Å². The number of sulfonamides is 1. The average molecular weight is 572 g/mol. The largest absolute Gasteiger partial charge is 0.378 e. The normalized spacial score (nSPS) is 18.8. The van der Waals surface area contributed by atoms with Gasteiger partial charge in [-0.05, 0) is 24.3 Å². The highest BCUT2D eigenvalue weighted by Gasteiger charge is 2.30. The van der Waals surface area contributed by atoms with E-state index in [0.29, 0.717) is 37.1 Å². The van der Waals surface area contributed by atoms with E-state index < -0.39 is 10.0 Å². The molecule has 170 valence electrons. The Hall–Kier alpha value is -0.960. The number of hydrogen-bond acceptors (Lipinski definition) is 6. The maximum absolute atomic E-state index is 12.6. The van der Waals surface area contributed by atoms with Crippen molar-refractivity contribution in [2.45, 2.75) is 17.1 Å². The Morgan fingerprint density at radius 1 is 1.20 bits per heavy atom. The molecule has 2 aliphatic heterocycles. The molecule has 0 atom stereocenters. The van der Waals surface area contributed by atoms with Gasteiger partial charge in [-0.2, -0.15) is 0 Å². The van der Waals surface area contributed by atoms with Crippen molar-refractivity contribution in [3.8, 4) is 0 Å². The van der Waals surface area contributed by atoms with E-state index in [1.54, 1.807) is 24.6 Å². The first kappa shape index (κ1) is 25.3. The van der Waals surface area contributed by atoms with E-state index in [-0.39, 0.29) is 42.3 Å². The van der Waals surface area contributed by atoms with Crippen LogP contribution in [0.2, 0.25) is 0 Å². The van der Waals surface area contributed by atoms with Gasteiger partial charge < -0.3 is 19.9 Å². The number of guanidine groups is 1. The van der Waals surface area contributed by atoms with E-state index in [1.807, 2.05) is 4.90 Å². The molecule has 2 saturated heterocycles. The van der Waals surface area contributed by atoms with Gasteiger partial charge in [0, 0.05) is 52.2 Å². The molecule has 3 rings (SSSR count). The van der Waals surface area contributed by atoms with Crippen LogP contribution < -0.4 is 10.0 Å². The van der Waals surface area contributed by atoms with Gasteiger partial charge in [0.15, 0.2) is 5.96 Å². The minimum absolute atomic E-state index is 0. The minimum Gasteiger partial charge on any atom is -0.378 e. The van der Waals surface area contributed by atoms with Crippen molar-refractivity contribution in [2.75, 3.05) is 59.5 Å². The zero-order valence-corrected chi connectivity index (χ0v) is 21.0. The van der Waals surface area contributed by atoms with Crippen molar-refractivity contribution < 1.29 is 17.9 Å². The molecule has 0 spiro atoms. The van der Waals surface area contributed by atoms with Gasteiger partial charge in [-0.15, -0.1) is 35.3 Å². The number of halogens is 1. The monoisotopic (exact) mass is 571 g/mol. The van der Waals surface area contributed by atoms with Gasteiger partial charge >= 0.3 is 0 Å². The van der Waals surface area contributed by atoms with E-state index in [2.05, 4.69) is 19.9 Å². The molecule has 2 fully saturated rings. The molecule has 0 aliphatic carbocycles. The first-order chi connectivity index (χ1) is 14.0. The lowest BCUT2D eigenvalue weighted by Gasteiger charge is -2.36. The van der Waals surface area contributed by atoms with Crippen molar-refractivity contribution in [3.63, 3.8) is 0 Å². The van der Waals surface area contributed by atoms with E-state index in [4.69, 9.17) is 4.74 Å². The smallest absolute Gasteiger partial charge is 0.250 e. The van der Waals surface area contributed by atoms with Gasteiger partial charge in [-0.3, -0.25) is 9.79 Å².